The van der Waals surface area contributed by atoms with Gasteiger partial charge in [-0.25, -0.2) is 9.97 Å². The highest BCUT2D eigenvalue weighted by molar-refractivity contribution is 5.86. The smallest absolute Gasteiger partial charge is 0.267 e. The molecule has 0 N–H and O–H groups in total. The molecule has 146 valence electrons. The van der Waals surface area contributed by atoms with E-state index in [1.807, 2.05) is 54.6 Å². The summed E-state index contributed by atoms with van der Waals surface area (Å²) in [6.07, 6.45) is 10.9. The van der Waals surface area contributed by atoms with E-state index < -0.39 is 0 Å². The molecule has 0 unspecified atom stereocenters. The molecule has 4 heteroatoms. The average molecular weight is 399 g/mol. The molecule has 2 aromatic heterocycles. The van der Waals surface area contributed by atoms with Crippen molar-refractivity contribution < 1.29 is 0 Å². The Kier molecular flexibility index (Phi) is 4.62. The van der Waals surface area contributed by atoms with Crippen LogP contribution in [0.1, 0.15) is 17.0 Å². The molecule has 3 aromatic carbocycles. The fraction of sp³-hybridized carbons (Fsp3) is 0. The van der Waals surface area contributed by atoms with Gasteiger partial charge in [0, 0.05) is 11.8 Å². The predicted octanol–water partition coefficient (Wildman–Crippen LogP) is 5.09. The van der Waals surface area contributed by atoms with Gasteiger partial charge >= 0.3 is 0 Å². The van der Waals surface area contributed by atoms with Crippen molar-refractivity contribution in [3.63, 3.8) is 0 Å². The van der Waals surface area contributed by atoms with Gasteiger partial charge in [0.25, 0.3) is 5.56 Å². The molecule has 0 aliphatic rings. The zero-order valence-electron chi connectivity index (χ0n) is 16.6. The Morgan fingerprint density at radius 3 is 2.48 bits per heavy atom. The Morgan fingerprint density at radius 1 is 0.871 bits per heavy atom. The summed E-state index contributed by atoms with van der Waals surface area (Å²) < 4.78 is 1.59. The van der Waals surface area contributed by atoms with Crippen molar-refractivity contribution >= 4 is 34.0 Å². The van der Waals surface area contributed by atoms with E-state index in [1.165, 1.54) is 5.39 Å². The van der Waals surface area contributed by atoms with Crippen LogP contribution in [0.15, 0.2) is 89.9 Å². The van der Waals surface area contributed by atoms with Crippen LogP contribution >= 0.6 is 0 Å². The summed E-state index contributed by atoms with van der Waals surface area (Å²) in [6.45, 7) is 0. The maximum atomic E-state index is 13.3. The third-order valence-corrected chi connectivity index (χ3v) is 5.16. The minimum Gasteiger partial charge on any atom is -0.268 e. The molecule has 0 saturated carbocycles. The number of hydrogen-bond donors (Lipinski definition) is 0. The van der Waals surface area contributed by atoms with E-state index in [4.69, 9.17) is 6.42 Å². The van der Waals surface area contributed by atoms with Gasteiger partial charge in [-0.2, -0.15) is 0 Å². The van der Waals surface area contributed by atoms with Gasteiger partial charge < -0.3 is 0 Å². The highest BCUT2D eigenvalue weighted by Crippen LogP contribution is 2.19. The molecule has 4 nitrogen and oxygen atoms in total. The molecule has 31 heavy (non-hydrogen) atoms. The van der Waals surface area contributed by atoms with Crippen molar-refractivity contribution in [3.8, 4) is 18.0 Å². The molecular formula is C27H17N3O. The number of aromatic nitrogens is 3. The van der Waals surface area contributed by atoms with Crippen LogP contribution in [-0.2, 0) is 0 Å². The van der Waals surface area contributed by atoms with Crippen LogP contribution in [0.5, 0.6) is 0 Å². The van der Waals surface area contributed by atoms with Crippen LogP contribution in [-0.4, -0.2) is 14.5 Å². The molecule has 0 spiro atoms. The first-order chi connectivity index (χ1) is 15.2. The third kappa shape index (κ3) is 3.50. The van der Waals surface area contributed by atoms with Crippen molar-refractivity contribution in [3.05, 3.63) is 112 Å². The molecule has 0 amide bonds. The average Bonchev–Trinajstić information content (AvgIpc) is 2.83. The molecule has 0 aliphatic heterocycles. The summed E-state index contributed by atoms with van der Waals surface area (Å²) in [5, 5.41) is 2.80. The first-order valence-corrected chi connectivity index (χ1v) is 9.85. The Labute approximate surface area is 179 Å². The number of nitrogens with zero attached hydrogens (tertiary/aromatic N) is 3. The quantitative estimate of drug-likeness (QED) is 0.397. The Bertz CT molecular complexity index is 1550. The van der Waals surface area contributed by atoms with Gasteiger partial charge in [-0.3, -0.25) is 9.36 Å². The van der Waals surface area contributed by atoms with E-state index in [9.17, 15) is 4.79 Å². The fourth-order valence-electron chi connectivity index (χ4n) is 3.59. The Hall–Kier alpha value is -4.49. The SMILES string of the molecule is C#Cc1ccc(-n2c(C=Cc3ccc4ccccc4c3)nc3ncccc3c2=O)cc1. The minimum atomic E-state index is -0.176. The maximum Gasteiger partial charge on any atom is 0.267 e. The summed E-state index contributed by atoms with van der Waals surface area (Å²) in [7, 11) is 0. The van der Waals surface area contributed by atoms with E-state index in [-0.39, 0.29) is 5.56 Å². The molecule has 5 aromatic rings. The highest BCUT2D eigenvalue weighted by atomic mass is 16.1. The zero-order valence-corrected chi connectivity index (χ0v) is 16.6. The first-order valence-electron chi connectivity index (χ1n) is 9.85. The van der Waals surface area contributed by atoms with Crippen LogP contribution < -0.4 is 5.56 Å². The number of benzene rings is 3. The van der Waals surface area contributed by atoms with E-state index in [0.717, 1.165) is 16.5 Å². The normalized spacial score (nSPS) is 11.2. The van der Waals surface area contributed by atoms with Crippen molar-refractivity contribution in [2.45, 2.75) is 0 Å². The standard InChI is InChI=1S/C27H17N3O/c1-2-19-10-14-23(15-11-19)30-25(29-26-24(27(30)31)8-5-17-28-26)16-12-20-9-13-21-6-3-4-7-22(21)18-20/h1,3-18H. The Balaban J connectivity index is 1.67. The summed E-state index contributed by atoms with van der Waals surface area (Å²) in [5.74, 6) is 3.10. The van der Waals surface area contributed by atoms with Crippen LogP contribution in [0, 0.1) is 12.3 Å². The monoisotopic (exact) mass is 399 g/mol. The molecule has 0 atom stereocenters. The molecule has 5 rings (SSSR count). The first kappa shape index (κ1) is 18.5. The second kappa shape index (κ2) is 7.74. The number of hydrogen-bond acceptors (Lipinski definition) is 3. The molecular weight excluding hydrogens is 382 g/mol. The van der Waals surface area contributed by atoms with E-state index in [2.05, 4.69) is 40.2 Å². The zero-order chi connectivity index (χ0) is 21.2. The lowest BCUT2D eigenvalue weighted by Crippen LogP contribution is -2.22. The molecule has 0 bridgehead atoms. The largest absolute Gasteiger partial charge is 0.268 e. The van der Waals surface area contributed by atoms with Crippen LogP contribution in [0.4, 0.5) is 0 Å². The minimum absolute atomic E-state index is 0.176. The van der Waals surface area contributed by atoms with Crippen LogP contribution in [0.3, 0.4) is 0 Å². The number of pyridine rings is 1. The van der Waals surface area contributed by atoms with Gasteiger partial charge in [0.2, 0.25) is 0 Å². The third-order valence-electron chi connectivity index (χ3n) is 5.16. The van der Waals surface area contributed by atoms with Crippen molar-refractivity contribution in [1.82, 2.24) is 14.5 Å². The van der Waals surface area contributed by atoms with Gasteiger partial charge in [-0.1, -0.05) is 48.4 Å². The van der Waals surface area contributed by atoms with Crippen molar-refractivity contribution in [1.29, 1.82) is 0 Å². The maximum absolute atomic E-state index is 13.3. The summed E-state index contributed by atoms with van der Waals surface area (Å²) in [4.78, 5) is 22.2. The number of rotatable bonds is 3. The van der Waals surface area contributed by atoms with Gasteiger partial charge in [0.15, 0.2) is 5.65 Å². The highest BCUT2D eigenvalue weighted by Gasteiger charge is 2.11. The van der Waals surface area contributed by atoms with E-state index in [1.54, 1.807) is 22.9 Å². The lowest BCUT2D eigenvalue weighted by atomic mass is 10.1. The van der Waals surface area contributed by atoms with Crippen LogP contribution in [0.25, 0.3) is 39.6 Å². The molecule has 0 aliphatic carbocycles. The van der Waals surface area contributed by atoms with Gasteiger partial charge in [-0.15, -0.1) is 6.42 Å². The second-order valence-electron chi connectivity index (χ2n) is 7.12. The lowest BCUT2D eigenvalue weighted by molar-refractivity contribution is 0.937. The summed E-state index contributed by atoms with van der Waals surface area (Å²) in [6, 6.07) is 25.2. The molecule has 0 saturated heterocycles. The molecule has 0 fully saturated rings. The Morgan fingerprint density at radius 2 is 1.68 bits per heavy atom. The van der Waals surface area contributed by atoms with Crippen molar-refractivity contribution in [2.24, 2.45) is 0 Å². The topological polar surface area (TPSA) is 47.8 Å². The van der Waals surface area contributed by atoms with Gasteiger partial charge in [0.05, 0.1) is 11.1 Å². The van der Waals surface area contributed by atoms with E-state index >= 15 is 0 Å². The molecule has 0 radical (unpaired) electrons. The van der Waals surface area contributed by atoms with E-state index in [0.29, 0.717) is 22.5 Å². The van der Waals surface area contributed by atoms with Gasteiger partial charge in [-0.05, 0) is 64.9 Å². The second-order valence-corrected chi connectivity index (χ2v) is 7.12. The van der Waals surface area contributed by atoms with Gasteiger partial charge in [0.1, 0.15) is 5.82 Å². The fourth-order valence-corrected chi connectivity index (χ4v) is 3.59. The molecule has 2 heterocycles. The summed E-state index contributed by atoms with van der Waals surface area (Å²) >= 11 is 0. The predicted molar refractivity (Wildman–Crippen MR) is 126 cm³/mol. The van der Waals surface area contributed by atoms with Crippen LogP contribution in [0.2, 0.25) is 0 Å². The van der Waals surface area contributed by atoms with Crippen molar-refractivity contribution in [2.75, 3.05) is 0 Å². The lowest BCUT2D eigenvalue weighted by Gasteiger charge is -2.11. The summed E-state index contributed by atoms with van der Waals surface area (Å²) in [5.41, 5.74) is 2.70. The number of fused-ring (bicyclic) bond motifs is 2. The number of terminal acetylenes is 1.